The summed E-state index contributed by atoms with van der Waals surface area (Å²) in [5, 5.41) is 0. The Labute approximate surface area is 111 Å². The van der Waals surface area contributed by atoms with Crippen molar-refractivity contribution in [2.75, 3.05) is 0 Å². The highest BCUT2D eigenvalue weighted by molar-refractivity contribution is 5.83. The lowest BCUT2D eigenvalue weighted by Gasteiger charge is -2.24. The molecule has 1 rings (SSSR count). The van der Waals surface area contributed by atoms with Crippen LogP contribution in [0.4, 0.5) is 0 Å². The minimum atomic E-state index is -0.191. The third-order valence-corrected chi connectivity index (χ3v) is 3.29. The third-order valence-electron chi connectivity index (χ3n) is 3.29. The molecule has 0 aromatic heterocycles. The first-order chi connectivity index (χ1) is 8.50. The minimum absolute atomic E-state index is 0.00380. The summed E-state index contributed by atoms with van der Waals surface area (Å²) in [4.78, 5) is 11.9. The SMILES string of the molecule is CC(C)C(OC(=O)/C=C1\C=CCCCC1)C(C)C. The van der Waals surface area contributed by atoms with E-state index >= 15 is 0 Å². The molecule has 0 fully saturated rings. The number of esters is 1. The molecule has 0 radical (unpaired) electrons. The predicted molar refractivity (Wildman–Crippen MR) is 75.2 cm³/mol. The quantitative estimate of drug-likeness (QED) is 0.550. The van der Waals surface area contributed by atoms with Crippen LogP contribution in [-0.4, -0.2) is 12.1 Å². The fourth-order valence-corrected chi connectivity index (χ4v) is 2.39. The Morgan fingerprint density at radius 1 is 1.22 bits per heavy atom. The molecular formula is C16H26O2. The highest BCUT2D eigenvalue weighted by Gasteiger charge is 2.21. The standard InChI is InChI=1S/C16H26O2/c1-12(2)16(13(3)4)18-15(17)11-14-9-7-5-6-8-10-14/h7,9,11-13,16H,5-6,8,10H2,1-4H3/b14-11+. The lowest BCUT2D eigenvalue weighted by Crippen LogP contribution is -2.28. The zero-order valence-corrected chi connectivity index (χ0v) is 12.1. The molecule has 2 heteroatoms. The molecule has 0 atom stereocenters. The maximum Gasteiger partial charge on any atom is 0.331 e. The molecule has 0 saturated heterocycles. The van der Waals surface area contributed by atoms with Crippen LogP contribution in [-0.2, 0) is 9.53 Å². The van der Waals surface area contributed by atoms with Crippen molar-refractivity contribution < 1.29 is 9.53 Å². The molecular weight excluding hydrogens is 224 g/mol. The van der Waals surface area contributed by atoms with Crippen molar-refractivity contribution in [3.8, 4) is 0 Å². The molecule has 0 spiro atoms. The summed E-state index contributed by atoms with van der Waals surface area (Å²) < 4.78 is 5.57. The fraction of sp³-hybridized carbons (Fsp3) is 0.688. The van der Waals surface area contributed by atoms with Crippen molar-refractivity contribution in [2.24, 2.45) is 11.8 Å². The van der Waals surface area contributed by atoms with Gasteiger partial charge in [0.25, 0.3) is 0 Å². The van der Waals surface area contributed by atoms with Crippen molar-refractivity contribution >= 4 is 5.97 Å². The fourth-order valence-electron chi connectivity index (χ4n) is 2.39. The Balaban J connectivity index is 2.61. The van der Waals surface area contributed by atoms with Gasteiger partial charge in [-0.15, -0.1) is 0 Å². The summed E-state index contributed by atoms with van der Waals surface area (Å²) in [6.45, 7) is 8.38. The van der Waals surface area contributed by atoms with Gasteiger partial charge in [-0.25, -0.2) is 4.79 Å². The van der Waals surface area contributed by atoms with E-state index in [-0.39, 0.29) is 12.1 Å². The van der Waals surface area contributed by atoms with Crippen molar-refractivity contribution in [3.05, 3.63) is 23.8 Å². The molecule has 102 valence electrons. The smallest absolute Gasteiger partial charge is 0.331 e. The minimum Gasteiger partial charge on any atom is -0.459 e. The summed E-state index contributed by atoms with van der Waals surface area (Å²) in [6.07, 6.45) is 10.4. The van der Waals surface area contributed by atoms with Gasteiger partial charge in [0.15, 0.2) is 0 Å². The summed E-state index contributed by atoms with van der Waals surface area (Å²) in [7, 11) is 0. The Kier molecular flexibility index (Phi) is 6.17. The Morgan fingerprint density at radius 2 is 1.89 bits per heavy atom. The number of carbonyl (C=O) groups is 1. The van der Waals surface area contributed by atoms with Gasteiger partial charge >= 0.3 is 5.97 Å². The lowest BCUT2D eigenvalue weighted by atomic mass is 9.96. The van der Waals surface area contributed by atoms with Gasteiger partial charge in [-0.3, -0.25) is 0 Å². The van der Waals surface area contributed by atoms with Gasteiger partial charge in [-0.2, -0.15) is 0 Å². The van der Waals surface area contributed by atoms with Crippen molar-refractivity contribution in [3.63, 3.8) is 0 Å². The number of carbonyl (C=O) groups excluding carboxylic acids is 1. The van der Waals surface area contributed by atoms with E-state index in [1.165, 1.54) is 6.42 Å². The first kappa shape index (κ1) is 15.0. The monoisotopic (exact) mass is 250 g/mol. The van der Waals surface area contributed by atoms with Gasteiger partial charge in [0.1, 0.15) is 6.10 Å². The predicted octanol–water partition coefficient (Wildman–Crippen LogP) is 4.27. The Bertz CT molecular complexity index is 316. The molecule has 0 amide bonds. The van der Waals surface area contributed by atoms with Crippen molar-refractivity contribution in [2.45, 2.75) is 59.5 Å². The van der Waals surface area contributed by atoms with E-state index in [4.69, 9.17) is 4.74 Å². The van der Waals surface area contributed by atoms with Gasteiger partial charge in [-0.05, 0) is 43.1 Å². The van der Waals surface area contributed by atoms with Crippen LogP contribution in [0.15, 0.2) is 23.8 Å². The molecule has 0 heterocycles. The van der Waals surface area contributed by atoms with Gasteiger partial charge in [0.2, 0.25) is 0 Å². The number of hydrogen-bond acceptors (Lipinski definition) is 2. The average Bonchev–Trinajstić information content (AvgIpc) is 2.53. The van der Waals surface area contributed by atoms with Crippen LogP contribution in [0.2, 0.25) is 0 Å². The molecule has 0 aromatic carbocycles. The third kappa shape index (κ3) is 5.07. The lowest BCUT2D eigenvalue weighted by molar-refractivity contribution is -0.147. The molecule has 0 bridgehead atoms. The van der Waals surface area contributed by atoms with Crippen LogP contribution in [0.3, 0.4) is 0 Å². The first-order valence-electron chi connectivity index (χ1n) is 7.08. The van der Waals surface area contributed by atoms with Crippen LogP contribution in [0.1, 0.15) is 53.4 Å². The van der Waals surface area contributed by atoms with E-state index in [1.807, 2.05) is 0 Å². The Morgan fingerprint density at radius 3 is 2.50 bits per heavy atom. The zero-order chi connectivity index (χ0) is 13.5. The second-order valence-corrected chi connectivity index (χ2v) is 5.76. The highest BCUT2D eigenvalue weighted by atomic mass is 16.5. The van der Waals surface area contributed by atoms with E-state index in [1.54, 1.807) is 6.08 Å². The van der Waals surface area contributed by atoms with Gasteiger partial charge in [-0.1, -0.05) is 39.8 Å². The van der Waals surface area contributed by atoms with Crippen molar-refractivity contribution in [1.82, 2.24) is 0 Å². The van der Waals surface area contributed by atoms with Gasteiger partial charge in [0, 0.05) is 6.08 Å². The highest BCUT2D eigenvalue weighted by Crippen LogP contribution is 2.19. The summed E-state index contributed by atoms with van der Waals surface area (Å²) >= 11 is 0. The second kappa shape index (κ2) is 7.40. The topological polar surface area (TPSA) is 26.3 Å². The maximum atomic E-state index is 11.9. The zero-order valence-electron chi connectivity index (χ0n) is 12.1. The van der Waals surface area contributed by atoms with E-state index in [0.717, 1.165) is 24.8 Å². The van der Waals surface area contributed by atoms with E-state index in [0.29, 0.717) is 11.8 Å². The molecule has 0 aromatic rings. The van der Waals surface area contributed by atoms with Gasteiger partial charge in [0.05, 0.1) is 0 Å². The number of ether oxygens (including phenoxy) is 1. The van der Waals surface area contributed by atoms with Crippen LogP contribution in [0.25, 0.3) is 0 Å². The molecule has 1 aliphatic rings. The van der Waals surface area contributed by atoms with E-state index in [9.17, 15) is 4.79 Å². The summed E-state index contributed by atoms with van der Waals surface area (Å²) in [6, 6.07) is 0. The molecule has 18 heavy (non-hydrogen) atoms. The van der Waals surface area contributed by atoms with Crippen LogP contribution < -0.4 is 0 Å². The molecule has 0 N–H and O–H groups in total. The van der Waals surface area contributed by atoms with Crippen LogP contribution in [0.5, 0.6) is 0 Å². The van der Waals surface area contributed by atoms with Gasteiger partial charge < -0.3 is 4.74 Å². The molecule has 1 aliphatic carbocycles. The van der Waals surface area contributed by atoms with Crippen LogP contribution >= 0.6 is 0 Å². The normalized spacial score (nSPS) is 18.7. The second-order valence-electron chi connectivity index (χ2n) is 5.76. The first-order valence-corrected chi connectivity index (χ1v) is 7.08. The largest absolute Gasteiger partial charge is 0.459 e. The molecule has 2 nitrogen and oxygen atoms in total. The molecule has 0 unspecified atom stereocenters. The molecule has 0 aliphatic heterocycles. The number of rotatable bonds is 4. The van der Waals surface area contributed by atoms with Crippen LogP contribution in [0, 0.1) is 11.8 Å². The van der Waals surface area contributed by atoms with E-state index < -0.39 is 0 Å². The Hall–Kier alpha value is -1.05. The molecule has 0 saturated carbocycles. The maximum absolute atomic E-state index is 11.9. The van der Waals surface area contributed by atoms with Crippen molar-refractivity contribution in [1.29, 1.82) is 0 Å². The summed E-state index contributed by atoms with van der Waals surface area (Å²) in [5.41, 5.74) is 1.10. The number of allylic oxidation sites excluding steroid dienone is 3. The summed E-state index contributed by atoms with van der Waals surface area (Å²) in [5.74, 6) is 0.526. The number of hydrogen-bond donors (Lipinski definition) is 0. The average molecular weight is 250 g/mol. The van der Waals surface area contributed by atoms with E-state index in [2.05, 4.69) is 39.8 Å².